The van der Waals surface area contributed by atoms with E-state index in [1.807, 2.05) is 24.3 Å². The van der Waals surface area contributed by atoms with E-state index in [9.17, 15) is 4.79 Å². The van der Waals surface area contributed by atoms with E-state index in [1.54, 1.807) is 0 Å². The van der Waals surface area contributed by atoms with E-state index in [-0.39, 0.29) is 6.61 Å². The summed E-state index contributed by atoms with van der Waals surface area (Å²) in [5.74, 6) is 0.829. The number of carbonyl (C=O) groups is 1. The van der Waals surface area contributed by atoms with Gasteiger partial charge < -0.3 is 15.8 Å². The minimum absolute atomic E-state index is 0.0805. The number of benzene rings is 1. The van der Waals surface area contributed by atoms with Gasteiger partial charge in [0.15, 0.2) is 6.61 Å². The molecular weight excluding hydrogens is 240 g/mol. The number of amides is 1. The van der Waals surface area contributed by atoms with Gasteiger partial charge >= 0.3 is 0 Å². The highest BCUT2D eigenvalue weighted by molar-refractivity contribution is 5.75. The van der Waals surface area contributed by atoms with E-state index >= 15 is 0 Å². The van der Waals surface area contributed by atoms with Crippen LogP contribution in [0.25, 0.3) is 0 Å². The number of nitrogens with one attached hydrogen (secondary N) is 1. The Balaban J connectivity index is 2.45. The topological polar surface area (TPSA) is 64.3 Å². The van der Waals surface area contributed by atoms with Gasteiger partial charge in [-0.05, 0) is 30.0 Å². The third kappa shape index (κ3) is 5.75. The van der Waals surface area contributed by atoms with Crippen molar-refractivity contribution in [1.82, 2.24) is 5.32 Å². The standard InChI is InChI=1S/C15H24N2O2/c1-4-14(11(2)3)17-9-12-5-7-13(8-6-12)19-10-15(16)18/h5-8,11,14,17H,4,9-10H2,1-3H3,(H2,16,18). The van der Waals surface area contributed by atoms with E-state index in [0.29, 0.717) is 17.7 Å². The van der Waals surface area contributed by atoms with Crippen LogP contribution in [0.3, 0.4) is 0 Å². The van der Waals surface area contributed by atoms with Crippen LogP contribution in [0.1, 0.15) is 32.8 Å². The molecule has 0 aliphatic heterocycles. The Morgan fingerprint density at radius 1 is 1.32 bits per heavy atom. The van der Waals surface area contributed by atoms with Gasteiger partial charge in [0.05, 0.1) is 0 Å². The SMILES string of the molecule is CCC(NCc1ccc(OCC(N)=O)cc1)C(C)C. The molecule has 106 valence electrons. The summed E-state index contributed by atoms with van der Waals surface area (Å²) in [4.78, 5) is 10.6. The largest absolute Gasteiger partial charge is 0.484 e. The highest BCUT2D eigenvalue weighted by Gasteiger charge is 2.09. The Kier molecular flexibility index (Phi) is 6.36. The van der Waals surface area contributed by atoms with E-state index < -0.39 is 5.91 Å². The lowest BCUT2D eigenvalue weighted by atomic mass is 10.0. The fourth-order valence-corrected chi connectivity index (χ4v) is 1.96. The molecule has 19 heavy (non-hydrogen) atoms. The number of nitrogens with two attached hydrogens (primary N) is 1. The van der Waals surface area contributed by atoms with Gasteiger partial charge in [-0.3, -0.25) is 4.79 Å². The summed E-state index contributed by atoms with van der Waals surface area (Å²) in [6, 6.07) is 8.24. The third-order valence-electron chi connectivity index (χ3n) is 3.12. The molecule has 4 heteroatoms. The molecule has 4 nitrogen and oxygen atoms in total. The maximum atomic E-state index is 10.6. The maximum absolute atomic E-state index is 10.6. The number of rotatable bonds is 8. The molecule has 0 aromatic heterocycles. The van der Waals surface area contributed by atoms with Crippen LogP contribution in [0.2, 0.25) is 0 Å². The third-order valence-corrected chi connectivity index (χ3v) is 3.12. The highest BCUT2D eigenvalue weighted by Crippen LogP contribution is 2.13. The molecule has 0 saturated heterocycles. The molecule has 0 spiro atoms. The molecule has 3 N–H and O–H groups in total. The number of hydrogen-bond acceptors (Lipinski definition) is 3. The van der Waals surface area contributed by atoms with Gasteiger partial charge in [-0.25, -0.2) is 0 Å². The van der Waals surface area contributed by atoms with Crippen molar-refractivity contribution in [2.24, 2.45) is 11.7 Å². The van der Waals surface area contributed by atoms with E-state index in [4.69, 9.17) is 10.5 Å². The second-order valence-corrected chi connectivity index (χ2v) is 5.04. The predicted octanol–water partition coefficient (Wildman–Crippen LogP) is 2.07. The first-order valence-corrected chi connectivity index (χ1v) is 6.76. The van der Waals surface area contributed by atoms with E-state index in [0.717, 1.165) is 13.0 Å². The second-order valence-electron chi connectivity index (χ2n) is 5.04. The molecule has 0 aliphatic carbocycles. The molecule has 1 rings (SSSR count). The van der Waals surface area contributed by atoms with Crippen LogP contribution in [0, 0.1) is 5.92 Å². The van der Waals surface area contributed by atoms with E-state index in [2.05, 4.69) is 26.1 Å². The van der Waals surface area contributed by atoms with Crippen LogP contribution in [0.5, 0.6) is 5.75 Å². The second kappa shape index (κ2) is 7.79. The Hall–Kier alpha value is -1.55. The molecule has 0 fully saturated rings. The molecule has 0 heterocycles. The van der Waals surface area contributed by atoms with Gasteiger partial charge in [0.25, 0.3) is 5.91 Å². The van der Waals surface area contributed by atoms with Crippen molar-refractivity contribution in [2.75, 3.05) is 6.61 Å². The van der Waals surface area contributed by atoms with Crippen LogP contribution in [-0.2, 0) is 11.3 Å². The fraction of sp³-hybridized carbons (Fsp3) is 0.533. The number of ether oxygens (including phenoxy) is 1. The first kappa shape index (κ1) is 15.5. The lowest BCUT2D eigenvalue weighted by Gasteiger charge is -2.20. The Bertz CT molecular complexity index is 388. The number of carbonyl (C=O) groups excluding carboxylic acids is 1. The zero-order valence-corrected chi connectivity index (χ0v) is 12.0. The first-order chi connectivity index (χ1) is 9.02. The van der Waals surface area contributed by atoms with Crippen molar-refractivity contribution in [2.45, 2.75) is 39.8 Å². The van der Waals surface area contributed by atoms with Crippen molar-refractivity contribution in [3.05, 3.63) is 29.8 Å². The van der Waals surface area contributed by atoms with Crippen molar-refractivity contribution < 1.29 is 9.53 Å². The van der Waals surface area contributed by atoms with Crippen LogP contribution in [0.4, 0.5) is 0 Å². The molecular formula is C15H24N2O2. The zero-order chi connectivity index (χ0) is 14.3. The molecule has 1 unspecified atom stereocenters. The van der Waals surface area contributed by atoms with Crippen molar-refractivity contribution >= 4 is 5.91 Å². The molecule has 0 bridgehead atoms. The molecule has 1 atom stereocenters. The van der Waals surface area contributed by atoms with Crippen LogP contribution in [-0.4, -0.2) is 18.6 Å². The van der Waals surface area contributed by atoms with Gasteiger partial charge in [0, 0.05) is 12.6 Å². The molecule has 1 amide bonds. The zero-order valence-electron chi connectivity index (χ0n) is 12.0. The van der Waals surface area contributed by atoms with Crippen LogP contribution < -0.4 is 15.8 Å². The number of primary amides is 1. The molecule has 0 saturated carbocycles. The summed E-state index contributed by atoms with van der Waals surface area (Å²) < 4.78 is 5.21. The summed E-state index contributed by atoms with van der Waals surface area (Å²) in [6.45, 7) is 7.40. The van der Waals surface area contributed by atoms with Crippen LogP contribution in [0.15, 0.2) is 24.3 Å². The fourth-order valence-electron chi connectivity index (χ4n) is 1.96. The van der Waals surface area contributed by atoms with Gasteiger partial charge in [-0.15, -0.1) is 0 Å². The maximum Gasteiger partial charge on any atom is 0.255 e. The Morgan fingerprint density at radius 3 is 2.42 bits per heavy atom. The predicted molar refractivity (Wildman–Crippen MR) is 76.9 cm³/mol. The lowest BCUT2D eigenvalue weighted by Crippen LogP contribution is -2.32. The molecule has 1 aromatic rings. The Labute approximate surface area is 115 Å². The van der Waals surface area contributed by atoms with Crippen molar-refractivity contribution in [3.63, 3.8) is 0 Å². The number of hydrogen-bond donors (Lipinski definition) is 2. The van der Waals surface area contributed by atoms with Gasteiger partial charge in [0.2, 0.25) is 0 Å². The normalized spacial score (nSPS) is 12.4. The van der Waals surface area contributed by atoms with Crippen molar-refractivity contribution in [1.29, 1.82) is 0 Å². The van der Waals surface area contributed by atoms with Gasteiger partial charge in [0.1, 0.15) is 5.75 Å². The summed E-state index contributed by atoms with van der Waals surface area (Å²) >= 11 is 0. The summed E-state index contributed by atoms with van der Waals surface area (Å²) in [6.07, 6.45) is 1.12. The lowest BCUT2D eigenvalue weighted by molar-refractivity contribution is -0.119. The van der Waals surface area contributed by atoms with Crippen LogP contribution >= 0.6 is 0 Å². The molecule has 0 aliphatic rings. The summed E-state index contributed by atoms with van der Waals surface area (Å²) in [7, 11) is 0. The first-order valence-electron chi connectivity index (χ1n) is 6.76. The van der Waals surface area contributed by atoms with Gasteiger partial charge in [-0.1, -0.05) is 32.9 Å². The minimum atomic E-state index is -0.464. The smallest absolute Gasteiger partial charge is 0.255 e. The monoisotopic (exact) mass is 264 g/mol. The van der Waals surface area contributed by atoms with Crippen molar-refractivity contribution in [3.8, 4) is 5.75 Å². The molecule has 0 radical (unpaired) electrons. The minimum Gasteiger partial charge on any atom is -0.484 e. The van der Waals surface area contributed by atoms with E-state index in [1.165, 1.54) is 5.56 Å². The van der Waals surface area contributed by atoms with Gasteiger partial charge in [-0.2, -0.15) is 0 Å². The summed E-state index contributed by atoms with van der Waals surface area (Å²) in [5, 5.41) is 3.54. The quantitative estimate of drug-likeness (QED) is 0.755. The Morgan fingerprint density at radius 2 is 1.95 bits per heavy atom. The highest BCUT2D eigenvalue weighted by atomic mass is 16.5. The average Bonchev–Trinajstić information content (AvgIpc) is 2.38. The molecule has 1 aromatic carbocycles. The summed E-state index contributed by atoms with van der Waals surface area (Å²) in [5.41, 5.74) is 6.22. The average molecular weight is 264 g/mol.